The summed E-state index contributed by atoms with van der Waals surface area (Å²) in [6, 6.07) is 5.21. The maximum absolute atomic E-state index is 12.1. The van der Waals surface area contributed by atoms with Crippen molar-refractivity contribution in [3.05, 3.63) is 23.8 Å². The largest absolute Gasteiger partial charge is 0.491 e. The lowest BCUT2D eigenvalue weighted by molar-refractivity contribution is 0.0949. The molecule has 20 heavy (non-hydrogen) atoms. The maximum atomic E-state index is 12.1. The second-order valence-electron chi connectivity index (χ2n) is 4.47. The number of methoxy groups -OCH3 is 1. The van der Waals surface area contributed by atoms with Gasteiger partial charge in [-0.05, 0) is 38.3 Å². The minimum Gasteiger partial charge on any atom is -0.491 e. The molecule has 0 radical (unpaired) electrons. The molecule has 0 saturated heterocycles. The summed E-state index contributed by atoms with van der Waals surface area (Å²) in [6.45, 7) is 3.75. The summed E-state index contributed by atoms with van der Waals surface area (Å²) < 4.78 is 10.4. The summed E-state index contributed by atoms with van der Waals surface area (Å²) in [7, 11) is 1.69. The highest BCUT2D eigenvalue weighted by molar-refractivity contribution is 5.98. The van der Waals surface area contributed by atoms with E-state index in [9.17, 15) is 4.79 Å². The lowest BCUT2D eigenvalue weighted by Gasteiger charge is -2.12. The Morgan fingerprint density at radius 2 is 2.10 bits per heavy atom. The molecule has 5 nitrogen and oxygen atoms in total. The normalized spacial score (nSPS) is 10.3. The number of nitrogens with two attached hydrogens (primary N) is 1. The van der Waals surface area contributed by atoms with E-state index in [-0.39, 0.29) is 5.91 Å². The fourth-order valence-electron chi connectivity index (χ4n) is 1.88. The van der Waals surface area contributed by atoms with E-state index in [1.165, 1.54) is 0 Å². The van der Waals surface area contributed by atoms with Crippen LogP contribution in [0.3, 0.4) is 0 Å². The van der Waals surface area contributed by atoms with Crippen molar-refractivity contribution in [1.82, 2.24) is 5.32 Å². The minimum atomic E-state index is -0.146. The van der Waals surface area contributed by atoms with Gasteiger partial charge in [0, 0.05) is 20.3 Å². The topological polar surface area (TPSA) is 73.6 Å². The van der Waals surface area contributed by atoms with Crippen molar-refractivity contribution in [3.8, 4) is 5.75 Å². The van der Waals surface area contributed by atoms with Crippen molar-refractivity contribution in [1.29, 1.82) is 0 Å². The third-order valence-electron chi connectivity index (χ3n) is 2.89. The highest BCUT2D eigenvalue weighted by Crippen LogP contribution is 2.26. The number of para-hydroxylation sites is 1. The number of ether oxygens (including phenoxy) is 2. The van der Waals surface area contributed by atoms with Crippen molar-refractivity contribution in [2.75, 3.05) is 32.6 Å². The van der Waals surface area contributed by atoms with Gasteiger partial charge in [0.1, 0.15) is 0 Å². The molecule has 1 amide bonds. The molecule has 3 N–H and O–H groups in total. The van der Waals surface area contributed by atoms with Crippen molar-refractivity contribution < 1.29 is 14.3 Å². The first kappa shape index (κ1) is 16.3. The van der Waals surface area contributed by atoms with E-state index in [1.807, 2.05) is 6.92 Å². The highest BCUT2D eigenvalue weighted by Gasteiger charge is 2.14. The lowest BCUT2D eigenvalue weighted by atomic mass is 10.1. The zero-order valence-electron chi connectivity index (χ0n) is 12.3. The predicted octanol–water partition coefficient (Wildman–Crippen LogP) is 2.21. The Morgan fingerprint density at radius 1 is 1.30 bits per heavy atom. The molecular formula is C15H24N2O3. The molecule has 112 valence electrons. The second kappa shape index (κ2) is 9.20. The number of amides is 1. The number of nitrogen functional groups attached to an aromatic ring is 1. The first-order chi connectivity index (χ1) is 9.70. The molecule has 1 rings (SSSR count). The summed E-state index contributed by atoms with van der Waals surface area (Å²) in [4.78, 5) is 12.1. The van der Waals surface area contributed by atoms with Gasteiger partial charge in [0.05, 0.1) is 17.9 Å². The van der Waals surface area contributed by atoms with Crippen LogP contribution in [0.4, 0.5) is 5.69 Å². The van der Waals surface area contributed by atoms with Gasteiger partial charge in [-0.15, -0.1) is 0 Å². The first-order valence-electron chi connectivity index (χ1n) is 6.99. The zero-order chi connectivity index (χ0) is 14.8. The predicted molar refractivity (Wildman–Crippen MR) is 80.1 cm³/mol. The fraction of sp³-hybridized carbons (Fsp3) is 0.533. The van der Waals surface area contributed by atoms with Gasteiger partial charge in [-0.1, -0.05) is 6.07 Å². The van der Waals surface area contributed by atoms with Gasteiger partial charge in [-0.2, -0.15) is 0 Å². The third kappa shape index (κ3) is 5.09. The van der Waals surface area contributed by atoms with E-state index >= 15 is 0 Å². The van der Waals surface area contributed by atoms with Crippen LogP contribution in [0.15, 0.2) is 18.2 Å². The summed E-state index contributed by atoms with van der Waals surface area (Å²) in [5.41, 5.74) is 6.81. The number of hydrogen-bond donors (Lipinski definition) is 2. The smallest absolute Gasteiger partial charge is 0.255 e. The van der Waals surface area contributed by atoms with Crippen LogP contribution in [-0.2, 0) is 4.74 Å². The van der Waals surface area contributed by atoms with E-state index in [0.29, 0.717) is 30.2 Å². The van der Waals surface area contributed by atoms with E-state index in [2.05, 4.69) is 5.32 Å². The molecule has 0 saturated carbocycles. The fourth-order valence-corrected chi connectivity index (χ4v) is 1.88. The Hall–Kier alpha value is -1.75. The molecule has 0 aliphatic heterocycles. The summed E-state index contributed by atoms with van der Waals surface area (Å²) >= 11 is 0. The van der Waals surface area contributed by atoms with Crippen LogP contribution in [0.1, 0.15) is 36.5 Å². The monoisotopic (exact) mass is 280 g/mol. The molecule has 0 aromatic heterocycles. The second-order valence-corrected chi connectivity index (χ2v) is 4.47. The van der Waals surface area contributed by atoms with Gasteiger partial charge in [-0.3, -0.25) is 4.79 Å². The quantitative estimate of drug-likeness (QED) is 0.537. The Kier molecular flexibility index (Phi) is 7.50. The number of carbonyl (C=O) groups excluding carboxylic acids is 1. The molecule has 1 aromatic carbocycles. The van der Waals surface area contributed by atoms with Crippen LogP contribution < -0.4 is 15.8 Å². The van der Waals surface area contributed by atoms with E-state index in [4.69, 9.17) is 15.2 Å². The Morgan fingerprint density at radius 3 is 2.80 bits per heavy atom. The highest BCUT2D eigenvalue weighted by atomic mass is 16.5. The summed E-state index contributed by atoms with van der Waals surface area (Å²) in [5.74, 6) is 0.319. The van der Waals surface area contributed by atoms with E-state index in [1.54, 1.807) is 25.3 Å². The van der Waals surface area contributed by atoms with E-state index in [0.717, 1.165) is 25.9 Å². The maximum Gasteiger partial charge on any atom is 0.255 e. The van der Waals surface area contributed by atoms with Gasteiger partial charge < -0.3 is 20.5 Å². The number of rotatable bonds is 9. The van der Waals surface area contributed by atoms with Crippen molar-refractivity contribution in [3.63, 3.8) is 0 Å². The minimum absolute atomic E-state index is 0.146. The molecule has 0 bridgehead atoms. The number of unbranched alkanes of at least 4 members (excludes halogenated alkanes) is 2. The zero-order valence-corrected chi connectivity index (χ0v) is 12.3. The number of benzene rings is 1. The van der Waals surface area contributed by atoms with Gasteiger partial charge in [-0.25, -0.2) is 0 Å². The molecule has 1 aromatic rings. The molecule has 0 aliphatic rings. The lowest BCUT2D eigenvalue weighted by Crippen LogP contribution is -2.25. The number of carbonyl (C=O) groups is 1. The van der Waals surface area contributed by atoms with Crippen LogP contribution in [-0.4, -0.2) is 32.8 Å². The average Bonchev–Trinajstić information content (AvgIpc) is 2.45. The number of nitrogens with one attached hydrogen (secondary N) is 1. The van der Waals surface area contributed by atoms with Crippen molar-refractivity contribution in [2.24, 2.45) is 0 Å². The Balaban J connectivity index is 2.49. The molecule has 0 fully saturated rings. The van der Waals surface area contributed by atoms with Crippen molar-refractivity contribution >= 4 is 11.6 Å². The summed E-state index contributed by atoms with van der Waals surface area (Å²) in [5, 5.41) is 2.89. The number of anilines is 1. The molecule has 0 atom stereocenters. The van der Waals surface area contributed by atoms with Gasteiger partial charge >= 0.3 is 0 Å². The van der Waals surface area contributed by atoms with Crippen LogP contribution >= 0.6 is 0 Å². The molecule has 0 unspecified atom stereocenters. The van der Waals surface area contributed by atoms with Crippen LogP contribution in [0.5, 0.6) is 5.75 Å². The third-order valence-corrected chi connectivity index (χ3v) is 2.89. The molecule has 0 heterocycles. The average molecular weight is 280 g/mol. The SMILES string of the molecule is CCOc1c(N)cccc1C(=O)NCCCCCOC. The standard InChI is InChI=1S/C15H24N2O3/c1-3-20-14-12(8-7-9-13(14)16)15(18)17-10-5-4-6-11-19-2/h7-9H,3-6,10-11,16H2,1-2H3,(H,17,18). The van der Waals surface area contributed by atoms with Gasteiger partial charge in [0.25, 0.3) is 5.91 Å². The molecule has 0 spiro atoms. The molecule has 5 heteroatoms. The van der Waals surface area contributed by atoms with E-state index < -0.39 is 0 Å². The van der Waals surface area contributed by atoms with Crippen LogP contribution in [0.25, 0.3) is 0 Å². The molecular weight excluding hydrogens is 256 g/mol. The number of hydrogen-bond acceptors (Lipinski definition) is 4. The Labute approximate surface area is 120 Å². The van der Waals surface area contributed by atoms with Crippen LogP contribution in [0.2, 0.25) is 0 Å². The van der Waals surface area contributed by atoms with Gasteiger partial charge in [0.2, 0.25) is 0 Å². The molecule has 0 aliphatic carbocycles. The first-order valence-corrected chi connectivity index (χ1v) is 6.99. The van der Waals surface area contributed by atoms with Crippen LogP contribution in [0, 0.1) is 0 Å². The van der Waals surface area contributed by atoms with Gasteiger partial charge in [0.15, 0.2) is 5.75 Å². The summed E-state index contributed by atoms with van der Waals surface area (Å²) in [6.07, 6.45) is 2.97. The Bertz CT molecular complexity index is 422. The van der Waals surface area contributed by atoms with Crippen molar-refractivity contribution in [2.45, 2.75) is 26.2 Å².